The first-order valence-electron chi connectivity index (χ1n) is 12.0. The molecule has 3 rings (SSSR count). The molecule has 0 aromatic heterocycles. The Morgan fingerprint density at radius 2 is 1.85 bits per heavy atom. The van der Waals surface area contributed by atoms with Gasteiger partial charge in [0.25, 0.3) is 5.91 Å². The van der Waals surface area contributed by atoms with Crippen molar-refractivity contribution in [1.29, 1.82) is 0 Å². The predicted molar refractivity (Wildman–Crippen MR) is 136 cm³/mol. The maximum absolute atomic E-state index is 13.1. The van der Waals surface area contributed by atoms with Crippen LogP contribution in [0.1, 0.15) is 43.5 Å². The SMILES string of the molecule is CCOCCCNC(=O)c1cc(NC(=O)Nc2ccccc2OC)ccc1N1CCC(C)CC1. The van der Waals surface area contributed by atoms with Crippen LogP contribution >= 0.6 is 0 Å². The second-order valence-corrected chi connectivity index (χ2v) is 8.49. The molecule has 1 aliphatic heterocycles. The van der Waals surface area contributed by atoms with Crippen molar-refractivity contribution in [3.05, 3.63) is 48.0 Å². The lowest BCUT2D eigenvalue weighted by molar-refractivity contribution is 0.0944. The summed E-state index contributed by atoms with van der Waals surface area (Å²) in [6.45, 7) is 7.83. The van der Waals surface area contributed by atoms with E-state index in [1.54, 1.807) is 25.3 Å². The number of benzene rings is 2. The number of piperidine rings is 1. The molecule has 2 aromatic carbocycles. The highest BCUT2D eigenvalue weighted by molar-refractivity contribution is 6.04. The number of hydrogen-bond acceptors (Lipinski definition) is 5. The Hall–Kier alpha value is -3.26. The van der Waals surface area contributed by atoms with Crippen LogP contribution in [-0.2, 0) is 4.74 Å². The maximum Gasteiger partial charge on any atom is 0.323 e. The van der Waals surface area contributed by atoms with E-state index in [0.29, 0.717) is 48.4 Å². The molecule has 0 spiro atoms. The van der Waals surface area contributed by atoms with Crippen LogP contribution in [0.2, 0.25) is 0 Å². The van der Waals surface area contributed by atoms with E-state index in [1.165, 1.54) is 0 Å². The second-order valence-electron chi connectivity index (χ2n) is 8.49. The molecule has 0 bridgehead atoms. The zero-order chi connectivity index (χ0) is 24.3. The second kappa shape index (κ2) is 12.8. The molecule has 0 unspecified atom stereocenters. The number of ether oxygens (including phenoxy) is 2. The first kappa shape index (κ1) is 25.4. The van der Waals surface area contributed by atoms with Crippen LogP contribution in [-0.4, -0.2) is 51.9 Å². The lowest BCUT2D eigenvalue weighted by Gasteiger charge is -2.33. The zero-order valence-electron chi connectivity index (χ0n) is 20.4. The highest BCUT2D eigenvalue weighted by atomic mass is 16.5. The smallest absolute Gasteiger partial charge is 0.323 e. The number of methoxy groups -OCH3 is 1. The van der Waals surface area contributed by atoms with E-state index in [1.807, 2.05) is 31.2 Å². The molecule has 1 saturated heterocycles. The highest BCUT2D eigenvalue weighted by Gasteiger charge is 2.22. The van der Waals surface area contributed by atoms with Crippen molar-refractivity contribution in [2.75, 3.05) is 55.5 Å². The summed E-state index contributed by atoms with van der Waals surface area (Å²) in [6.07, 6.45) is 2.93. The molecule has 0 saturated carbocycles. The number of amides is 3. The molecule has 34 heavy (non-hydrogen) atoms. The molecule has 1 aliphatic rings. The van der Waals surface area contributed by atoms with Gasteiger partial charge in [0.1, 0.15) is 5.75 Å². The Labute approximate surface area is 202 Å². The molecule has 1 fully saturated rings. The van der Waals surface area contributed by atoms with Gasteiger partial charge in [0.05, 0.1) is 18.4 Å². The number of hydrogen-bond donors (Lipinski definition) is 3. The molecule has 0 atom stereocenters. The molecular formula is C26H36N4O4. The molecule has 8 heteroatoms. The van der Waals surface area contributed by atoms with E-state index in [4.69, 9.17) is 9.47 Å². The summed E-state index contributed by atoms with van der Waals surface area (Å²) in [6, 6.07) is 12.3. The summed E-state index contributed by atoms with van der Waals surface area (Å²) in [5.41, 5.74) is 2.56. The van der Waals surface area contributed by atoms with E-state index in [9.17, 15) is 9.59 Å². The number of nitrogens with zero attached hydrogens (tertiary/aromatic N) is 1. The first-order chi connectivity index (χ1) is 16.5. The summed E-state index contributed by atoms with van der Waals surface area (Å²) < 4.78 is 10.6. The van der Waals surface area contributed by atoms with Gasteiger partial charge in [-0.15, -0.1) is 0 Å². The minimum Gasteiger partial charge on any atom is -0.495 e. The van der Waals surface area contributed by atoms with Gasteiger partial charge in [-0.1, -0.05) is 19.1 Å². The van der Waals surface area contributed by atoms with Crippen LogP contribution in [0.3, 0.4) is 0 Å². The monoisotopic (exact) mass is 468 g/mol. The Morgan fingerprint density at radius 3 is 2.59 bits per heavy atom. The third kappa shape index (κ3) is 7.12. The van der Waals surface area contributed by atoms with Gasteiger partial charge < -0.3 is 30.3 Å². The molecule has 0 radical (unpaired) electrons. The van der Waals surface area contributed by atoms with Crippen LogP contribution in [0.15, 0.2) is 42.5 Å². The maximum atomic E-state index is 13.1. The number of para-hydroxylation sites is 2. The predicted octanol–water partition coefficient (Wildman–Crippen LogP) is 4.73. The number of urea groups is 1. The van der Waals surface area contributed by atoms with Crippen molar-refractivity contribution in [1.82, 2.24) is 5.32 Å². The standard InChI is InChI=1S/C26H36N4O4/c1-4-34-17-7-14-27-25(31)21-18-20(10-11-23(21)30-15-12-19(2)13-16-30)28-26(32)29-22-8-5-6-9-24(22)33-3/h5-6,8-11,18-19H,4,7,12-17H2,1-3H3,(H,27,31)(H2,28,29,32). The van der Waals surface area contributed by atoms with Crippen molar-refractivity contribution in [2.45, 2.75) is 33.1 Å². The highest BCUT2D eigenvalue weighted by Crippen LogP contribution is 2.29. The van der Waals surface area contributed by atoms with Crippen LogP contribution < -0.4 is 25.6 Å². The summed E-state index contributed by atoms with van der Waals surface area (Å²) in [5, 5.41) is 8.62. The molecule has 2 aromatic rings. The van der Waals surface area contributed by atoms with Gasteiger partial charge in [-0.2, -0.15) is 0 Å². The summed E-state index contributed by atoms with van der Waals surface area (Å²) in [7, 11) is 1.55. The van der Waals surface area contributed by atoms with Gasteiger partial charge in [-0.3, -0.25) is 4.79 Å². The van der Waals surface area contributed by atoms with Crippen LogP contribution in [0.5, 0.6) is 5.75 Å². The van der Waals surface area contributed by atoms with Crippen molar-refractivity contribution in [3.8, 4) is 5.75 Å². The van der Waals surface area contributed by atoms with Crippen molar-refractivity contribution < 1.29 is 19.1 Å². The molecule has 8 nitrogen and oxygen atoms in total. The lowest BCUT2D eigenvalue weighted by atomic mass is 9.98. The van der Waals surface area contributed by atoms with Crippen molar-refractivity contribution >= 4 is 29.0 Å². The minimum atomic E-state index is -0.410. The number of carbonyl (C=O) groups is 2. The van der Waals surface area contributed by atoms with Crippen molar-refractivity contribution in [2.24, 2.45) is 5.92 Å². The molecular weight excluding hydrogens is 432 g/mol. The number of nitrogens with one attached hydrogen (secondary N) is 3. The van der Waals surface area contributed by atoms with Gasteiger partial charge in [0.2, 0.25) is 0 Å². The molecule has 1 heterocycles. The van der Waals surface area contributed by atoms with Gasteiger partial charge in [-0.05, 0) is 62.4 Å². The third-order valence-corrected chi connectivity index (χ3v) is 5.93. The van der Waals surface area contributed by atoms with Crippen molar-refractivity contribution in [3.63, 3.8) is 0 Å². The Morgan fingerprint density at radius 1 is 1.09 bits per heavy atom. The normalized spacial score (nSPS) is 13.9. The zero-order valence-corrected chi connectivity index (χ0v) is 20.4. The third-order valence-electron chi connectivity index (χ3n) is 5.93. The quantitative estimate of drug-likeness (QED) is 0.439. The average Bonchev–Trinajstić information content (AvgIpc) is 2.84. The van der Waals surface area contributed by atoms with Gasteiger partial charge in [0, 0.05) is 44.2 Å². The van der Waals surface area contributed by atoms with Gasteiger partial charge >= 0.3 is 6.03 Å². The summed E-state index contributed by atoms with van der Waals surface area (Å²) in [4.78, 5) is 28.0. The lowest BCUT2D eigenvalue weighted by Crippen LogP contribution is -2.35. The summed E-state index contributed by atoms with van der Waals surface area (Å²) >= 11 is 0. The van der Waals surface area contributed by atoms with Gasteiger partial charge in [-0.25, -0.2) is 4.79 Å². The van der Waals surface area contributed by atoms with E-state index in [-0.39, 0.29) is 5.91 Å². The van der Waals surface area contributed by atoms with E-state index < -0.39 is 6.03 Å². The Balaban J connectivity index is 1.74. The fourth-order valence-corrected chi connectivity index (χ4v) is 3.97. The average molecular weight is 469 g/mol. The molecule has 3 N–H and O–H groups in total. The first-order valence-corrected chi connectivity index (χ1v) is 12.0. The number of rotatable bonds is 10. The van der Waals surface area contributed by atoms with Gasteiger partial charge in [0.15, 0.2) is 0 Å². The molecule has 184 valence electrons. The number of carbonyl (C=O) groups excluding carboxylic acids is 2. The van der Waals surface area contributed by atoms with Crippen LogP contribution in [0, 0.1) is 5.92 Å². The fraction of sp³-hybridized carbons (Fsp3) is 0.462. The molecule has 3 amide bonds. The summed E-state index contributed by atoms with van der Waals surface area (Å²) in [5.74, 6) is 1.10. The topological polar surface area (TPSA) is 91.9 Å². The largest absolute Gasteiger partial charge is 0.495 e. The van der Waals surface area contributed by atoms with Crippen LogP contribution in [0.4, 0.5) is 21.9 Å². The van der Waals surface area contributed by atoms with Crippen LogP contribution in [0.25, 0.3) is 0 Å². The fourth-order valence-electron chi connectivity index (χ4n) is 3.97. The van der Waals surface area contributed by atoms with E-state index in [2.05, 4.69) is 27.8 Å². The Kier molecular flexibility index (Phi) is 9.58. The number of anilines is 3. The van der Waals surface area contributed by atoms with E-state index in [0.717, 1.165) is 38.0 Å². The molecule has 0 aliphatic carbocycles. The van der Waals surface area contributed by atoms with E-state index >= 15 is 0 Å². The minimum absolute atomic E-state index is 0.154. The Bertz CT molecular complexity index is 958.